The highest BCUT2D eigenvalue weighted by atomic mass is 32.1. The molecular formula is C67H80F6O7S3. The Bertz CT molecular complexity index is 3400. The highest BCUT2D eigenvalue weighted by Gasteiger charge is 2.81. The zero-order valence-corrected chi connectivity index (χ0v) is 53.2. The highest BCUT2D eigenvalue weighted by Crippen LogP contribution is 2.68. The third-order valence-electron chi connectivity index (χ3n) is 17.8. The fourth-order valence-electron chi connectivity index (χ4n) is 11.7. The Kier molecular flexibility index (Phi) is 16.6. The van der Waals surface area contributed by atoms with Crippen LogP contribution >= 0.6 is 34.0 Å². The molecule has 0 unspecified atom stereocenters. The SMILES string of the molecule is CCOC(=O)CCCOc1cc2oc(-c3ccc(C(C)(C)C)cc3)c(C3=C(c4cc(-c5cc6c(s5)C(C)(C)CCC6(C)C)sc4-c4cc5c(s4)C(C)(C)CCC5(C)C)C(F)(F)C(F)(F)C3(F)F)c2cc1OCCCC(=O)OC(C)(CC)CC. The summed E-state index contributed by atoms with van der Waals surface area (Å²) in [6.45, 7) is 30.6. The van der Waals surface area contributed by atoms with E-state index in [4.69, 9.17) is 23.4 Å². The van der Waals surface area contributed by atoms with Gasteiger partial charge in [0.1, 0.15) is 16.9 Å². The second-order valence-electron chi connectivity index (χ2n) is 26.8. The van der Waals surface area contributed by atoms with Crippen molar-refractivity contribution in [3.05, 3.63) is 92.2 Å². The second-order valence-corrected chi connectivity index (χ2v) is 30.0. The molecule has 0 spiro atoms. The number of ether oxygens (including phenoxy) is 4. The minimum absolute atomic E-state index is 0.0115. The predicted octanol–water partition coefficient (Wildman–Crippen LogP) is 20.4. The van der Waals surface area contributed by atoms with Crippen molar-refractivity contribution in [2.45, 2.75) is 219 Å². The number of carbonyl (C=O) groups is 2. The lowest BCUT2D eigenvalue weighted by Gasteiger charge is -2.39. The fraction of sp³-hybridized carbons (Fsp3) is 0.552. The van der Waals surface area contributed by atoms with Crippen LogP contribution in [0.25, 0.3) is 52.9 Å². The lowest BCUT2D eigenvalue weighted by Crippen LogP contribution is -2.48. The first kappa shape index (κ1) is 62.5. The molecule has 9 rings (SSSR count). The Balaban J connectivity index is 1.32. The molecule has 3 aliphatic carbocycles. The molecule has 0 bridgehead atoms. The van der Waals surface area contributed by atoms with Crippen molar-refractivity contribution < 1.29 is 59.3 Å². The number of carbonyl (C=O) groups excluding carboxylic acids is 2. The van der Waals surface area contributed by atoms with Gasteiger partial charge >= 0.3 is 29.7 Å². The number of hydrogen-bond acceptors (Lipinski definition) is 10. The van der Waals surface area contributed by atoms with Gasteiger partial charge in [0.05, 0.1) is 24.7 Å². The van der Waals surface area contributed by atoms with Crippen LogP contribution in [-0.2, 0) is 46.1 Å². The topological polar surface area (TPSA) is 84.2 Å². The molecule has 0 N–H and O–H groups in total. The molecule has 16 heteroatoms. The van der Waals surface area contributed by atoms with E-state index in [0.717, 1.165) is 57.0 Å². The van der Waals surface area contributed by atoms with Crippen LogP contribution in [0.15, 0.2) is 59.0 Å². The molecule has 0 amide bonds. The molecule has 4 heterocycles. The maximum absolute atomic E-state index is 17.9. The molecule has 3 aliphatic rings. The minimum Gasteiger partial charge on any atom is -0.490 e. The molecule has 4 aromatic heterocycles. The van der Waals surface area contributed by atoms with E-state index in [1.54, 1.807) is 31.2 Å². The van der Waals surface area contributed by atoms with E-state index in [1.807, 2.05) is 47.6 Å². The van der Waals surface area contributed by atoms with E-state index in [-0.39, 0.29) is 111 Å². The molecule has 0 fully saturated rings. The average molecular weight is 1210 g/mol. The Morgan fingerprint density at radius 1 is 0.602 bits per heavy atom. The molecule has 7 nitrogen and oxygen atoms in total. The van der Waals surface area contributed by atoms with Crippen molar-refractivity contribution in [3.63, 3.8) is 0 Å². The normalized spacial score (nSPS) is 19.1. The zero-order valence-electron chi connectivity index (χ0n) is 50.7. The number of halogens is 6. The van der Waals surface area contributed by atoms with Crippen LogP contribution in [0.2, 0.25) is 0 Å². The molecular weight excluding hydrogens is 1130 g/mol. The lowest BCUT2D eigenvalue weighted by molar-refractivity contribution is -0.254. The lowest BCUT2D eigenvalue weighted by atomic mass is 9.67. The van der Waals surface area contributed by atoms with Crippen molar-refractivity contribution in [2.75, 3.05) is 19.8 Å². The van der Waals surface area contributed by atoms with Gasteiger partial charge in [-0.05, 0) is 133 Å². The van der Waals surface area contributed by atoms with Gasteiger partial charge in [-0.1, -0.05) is 114 Å². The van der Waals surface area contributed by atoms with Crippen LogP contribution < -0.4 is 9.47 Å². The Labute approximate surface area is 497 Å². The number of rotatable bonds is 19. The molecule has 0 atom stereocenters. The molecule has 0 saturated carbocycles. The Morgan fingerprint density at radius 2 is 1.10 bits per heavy atom. The molecule has 0 saturated heterocycles. The number of thiophene rings is 3. The second kappa shape index (κ2) is 22.0. The van der Waals surface area contributed by atoms with Crippen molar-refractivity contribution in [2.24, 2.45) is 0 Å². The monoisotopic (exact) mass is 1210 g/mol. The minimum atomic E-state index is -5.93. The first-order valence-electron chi connectivity index (χ1n) is 29.2. The largest absolute Gasteiger partial charge is 0.490 e. The van der Waals surface area contributed by atoms with E-state index >= 15 is 26.3 Å². The van der Waals surface area contributed by atoms with Crippen molar-refractivity contribution in [3.8, 4) is 42.3 Å². The van der Waals surface area contributed by atoms with Crippen LogP contribution in [0.3, 0.4) is 0 Å². The van der Waals surface area contributed by atoms with Crippen LogP contribution in [0.5, 0.6) is 11.5 Å². The summed E-state index contributed by atoms with van der Waals surface area (Å²) < 4.78 is 136. The number of alkyl halides is 6. The van der Waals surface area contributed by atoms with Gasteiger partial charge in [0, 0.05) is 76.5 Å². The fourth-order valence-corrected chi connectivity index (χ4v) is 16.0. The third kappa shape index (κ3) is 11.4. The molecule has 83 heavy (non-hydrogen) atoms. The van der Waals surface area contributed by atoms with Gasteiger partial charge in [-0.3, -0.25) is 9.59 Å². The first-order valence-corrected chi connectivity index (χ1v) is 31.7. The maximum Gasteiger partial charge on any atom is 0.380 e. The van der Waals surface area contributed by atoms with Crippen LogP contribution in [0.1, 0.15) is 206 Å². The number of benzene rings is 2. The molecule has 6 aromatic rings. The van der Waals surface area contributed by atoms with Gasteiger partial charge in [-0.25, -0.2) is 0 Å². The molecule has 0 radical (unpaired) electrons. The summed E-state index contributed by atoms with van der Waals surface area (Å²) in [6.07, 6.45) is 5.02. The van der Waals surface area contributed by atoms with Crippen molar-refractivity contribution in [1.82, 2.24) is 0 Å². The van der Waals surface area contributed by atoms with Gasteiger partial charge in [-0.15, -0.1) is 34.0 Å². The first-order chi connectivity index (χ1) is 38.5. The smallest absolute Gasteiger partial charge is 0.380 e. The Hall–Kier alpha value is -5.06. The average Bonchev–Trinajstić information content (AvgIpc) is 1.62. The molecule has 0 aliphatic heterocycles. The van der Waals surface area contributed by atoms with Crippen molar-refractivity contribution >= 4 is 68.1 Å². The quantitative estimate of drug-likeness (QED) is 0.0454. The summed E-state index contributed by atoms with van der Waals surface area (Å²) in [5.74, 6) is -18.1. The van der Waals surface area contributed by atoms with E-state index in [0.29, 0.717) is 22.6 Å². The van der Waals surface area contributed by atoms with Gasteiger partial charge in [-0.2, -0.15) is 26.3 Å². The molecule has 450 valence electrons. The summed E-state index contributed by atoms with van der Waals surface area (Å²) in [5.41, 5.74) is -3.19. The van der Waals surface area contributed by atoms with E-state index in [1.165, 1.54) is 52.2 Å². The van der Waals surface area contributed by atoms with Gasteiger partial charge in [0.2, 0.25) is 0 Å². The number of esters is 2. The summed E-state index contributed by atoms with van der Waals surface area (Å²) in [7, 11) is 0. The van der Waals surface area contributed by atoms with Gasteiger partial charge < -0.3 is 23.4 Å². The van der Waals surface area contributed by atoms with Crippen molar-refractivity contribution in [1.29, 1.82) is 0 Å². The third-order valence-corrected chi connectivity index (χ3v) is 22.3. The number of hydrogen-bond donors (Lipinski definition) is 0. The summed E-state index contributed by atoms with van der Waals surface area (Å²) in [4.78, 5) is 29.6. The number of fused-ring (bicyclic) bond motifs is 3. The number of furan rings is 1. The maximum atomic E-state index is 17.9. The zero-order chi connectivity index (χ0) is 60.8. The highest BCUT2D eigenvalue weighted by molar-refractivity contribution is 7.27. The molecule has 2 aromatic carbocycles. The van der Waals surface area contributed by atoms with Crippen LogP contribution in [0, 0.1) is 0 Å². The van der Waals surface area contributed by atoms with E-state index < -0.39 is 57.6 Å². The van der Waals surface area contributed by atoms with Crippen LogP contribution in [-0.4, -0.2) is 55.1 Å². The van der Waals surface area contributed by atoms with E-state index in [2.05, 4.69) is 61.5 Å². The Morgan fingerprint density at radius 3 is 1.63 bits per heavy atom. The summed E-state index contributed by atoms with van der Waals surface area (Å²) in [6, 6.07) is 14.9. The standard InChI is InChI=1S/C67H80F6O7S3/c1-16-64(15,17-2)80-51(75)22-20-32-77-45-33-40-44(37-46(45)78-31-19-21-50(74)76-18-3)79-55(38-23-25-39(26-24-38)59(4,5)6)52(40)54-53(65(68,69)67(72,73)66(54,70)71)41-34-47(48-35-42-57(82-48)62(11,12)29-27-60(42,7)8)81-56(41)49-36-43-58(83-49)63(13,14)30-28-61(43,9)10/h23-26,33-37H,16-22,27-32H2,1-15H3. The van der Waals surface area contributed by atoms with E-state index in [9.17, 15) is 9.59 Å². The van der Waals surface area contributed by atoms with Gasteiger partial charge in [0.15, 0.2) is 11.5 Å². The predicted molar refractivity (Wildman–Crippen MR) is 325 cm³/mol. The summed E-state index contributed by atoms with van der Waals surface area (Å²) >= 11 is 4.11. The number of allylic oxidation sites excluding steroid dienone is 2. The van der Waals surface area contributed by atoms with Gasteiger partial charge in [0.25, 0.3) is 0 Å². The van der Waals surface area contributed by atoms with Crippen LogP contribution in [0.4, 0.5) is 26.3 Å². The summed E-state index contributed by atoms with van der Waals surface area (Å²) in [5, 5.41) is -0.210.